The van der Waals surface area contributed by atoms with E-state index in [9.17, 15) is 4.91 Å². The summed E-state index contributed by atoms with van der Waals surface area (Å²) in [5.74, 6) is -0.178. The molecule has 0 aromatic heterocycles. The predicted octanol–water partition coefficient (Wildman–Crippen LogP) is 0.0874. The fraction of sp³-hybridized carbons (Fsp3) is 0.667. The zero-order valence-electron chi connectivity index (χ0n) is 4.09. The Morgan fingerprint density at radius 3 is 2.57 bits per heavy atom. The molecule has 7 heavy (non-hydrogen) atoms. The van der Waals surface area contributed by atoms with Crippen LogP contribution in [0, 0.1) is 4.91 Å². The Bertz CT molecular complexity index is 88.2. The number of hydrogen-bond acceptors (Lipinski definition) is 2. The molecule has 0 radical (unpaired) electrons. The van der Waals surface area contributed by atoms with E-state index in [1.165, 1.54) is 0 Å². The molecule has 0 amide bonds. The Kier molecular flexibility index (Phi) is 2.83. The van der Waals surface area contributed by atoms with Crippen molar-refractivity contribution in [3.8, 4) is 0 Å². The lowest BCUT2D eigenvalue weighted by atomic mass is 10.8. The topological polar surface area (TPSA) is 67.8 Å². The highest BCUT2D eigenvalue weighted by Gasteiger charge is 1.79. The van der Waals surface area contributed by atoms with Gasteiger partial charge in [-0.25, -0.2) is 4.99 Å². The molecule has 0 atom stereocenters. The van der Waals surface area contributed by atoms with Gasteiger partial charge in [0.15, 0.2) is 0 Å². The highest BCUT2D eigenvalue weighted by Crippen LogP contribution is 1.68. The van der Waals surface area contributed by atoms with Crippen molar-refractivity contribution in [1.82, 2.24) is 0 Å². The Hall–Kier alpha value is -0.930. The van der Waals surface area contributed by atoms with Crippen LogP contribution in [0.4, 0.5) is 0 Å². The molecular formula is C3H7N3O. The van der Waals surface area contributed by atoms with Crippen LogP contribution in [0.25, 0.3) is 0 Å². The van der Waals surface area contributed by atoms with Crippen molar-refractivity contribution in [2.75, 3.05) is 6.54 Å². The molecule has 0 saturated heterocycles. The SMILES string of the molecule is CCN=C(N)N=O. The molecule has 0 rings (SSSR count). The van der Waals surface area contributed by atoms with Gasteiger partial charge in [-0.3, -0.25) is 0 Å². The van der Waals surface area contributed by atoms with Gasteiger partial charge in [0.05, 0.1) is 0 Å². The number of hydrogen-bond donors (Lipinski definition) is 1. The summed E-state index contributed by atoms with van der Waals surface area (Å²) in [5, 5.41) is 2.36. The average molecular weight is 101 g/mol. The first-order chi connectivity index (χ1) is 3.31. The van der Waals surface area contributed by atoms with E-state index in [2.05, 4.69) is 10.2 Å². The largest absolute Gasteiger partial charge is 0.365 e. The van der Waals surface area contributed by atoms with Crippen LogP contribution >= 0.6 is 0 Å². The molecular weight excluding hydrogens is 94.1 g/mol. The van der Waals surface area contributed by atoms with E-state index in [1.807, 2.05) is 0 Å². The van der Waals surface area contributed by atoms with Crippen LogP contribution in [-0.4, -0.2) is 12.5 Å². The first kappa shape index (κ1) is 6.07. The molecule has 0 aliphatic heterocycles. The predicted molar refractivity (Wildman–Crippen MR) is 28.0 cm³/mol. The van der Waals surface area contributed by atoms with Gasteiger partial charge in [0.2, 0.25) is 0 Å². The first-order valence-corrected chi connectivity index (χ1v) is 1.94. The van der Waals surface area contributed by atoms with Crippen LogP contribution in [-0.2, 0) is 0 Å². The fourth-order valence-corrected chi connectivity index (χ4v) is 0.191. The third kappa shape index (κ3) is 2.88. The minimum atomic E-state index is -0.178. The van der Waals surface area contributed by atoms with E-state index in [4.69, 9.17) is 5.73 Å². The number of rotatable bonds is 1. The molecule has 0 aliphatic rings. The quantitative estimate of drug-likeness (QED) is 0.289. The second kappa shape index (κ2) is 3.27. The molecule has 0 aromatic rings. The van der Waals surface area contributed by atoms with Crippen LogP contribution in [0.1, 0.15) is 6.92 Å². The Morgan fingerprint density at radius 2 is 2.43 bits per heavy atom. The van der Waals surface area contributed by atoms with Crippen molar-refractivity contribution in [3.05, 3.63) is 4.91 Å². The van der Waals surface area contributed by atoms with Gasteiger partial charge in [0.1, 0.15) is 0 Å². The van der Waals surface area contributed by atoms with Crippen LogP contribution in [0.3, 0.4) is 0 Å². The Balaban J connectivity index is 3.49. The van der Waals surface area contributed by atoms with Gasteiger partial charge in [-0.05, 0) is 6.92 Å². The number of nitrogens with zero attached hydrogens (tertiary/aromatic N) is 2. The summed E-state index contributed by atoms with van der Waals surface area (Å²) < 4.78 is 0. The van der Waals surface area contributed by atoms with E-state index < -0.39 is 0 Å². The minimum Gasteiger partial charge on any atom is -0.365 e. The van der Waals surface area contributed by atoms with Crippen molar-refractivity contribution in [3.63, 3.8) is 0 Å². The Morgan fingerprint density at radius 1 is 1.86 bits per heavy atom. The molecule has 0 heterocycles. The monoisotopic (exact) mass is 101 g/mol. The molecule has 0 fully saturated rings. The normalized spacial score (nSPS) is 11.3. The molecule has 4 heteroatoms. The van der Waals surface area contributed by atoms with E-state index in [0.29, 0.717) is 6.54 Å². The second-order valence-corrected chi connectivity index (χ2v) is 0.924. The van der Waals surface area contributed by atoms with Crippen molar-refractivity contribution in [2.24, 2.45) is 15.9 Å². The zero-order valence-corrected chi connectivity index (χ0v) is 4.09. The summed E-state index contributed by atoms with van der Waals surface area (Å²) in [4.78, 5) is 12.8. The standard InChI is InChI=1S/C3H7N3O/c1-2-5-3(4)6-7/h2H2,1H3,(H2,4,5). The second-order valence-electron chi connectivity index (χ2n) is 0.924. The zero-order chi connectivity index (χ0) is 5.70. The van der Waals surface area contributed by atoms with Gasteiger partial charge in [0.25, 0.3) is 5.96 Å². The molecule has 40 valence electrons. The molecule has 0 saturated carbocycles. The highest BCUT2D eigenvalue weighted by molar-refractivity contribution is 5.78. The van der Waals surface area contributed by atoms with Crippen molar-refractivity contribution in [2.45, 2.75) is 6.92 Å². The number of nitroso groups, excluding NO2 is 1. The van der Waals surface area contributed by atoms with E-state index in [0.717, 1.165) is 0 Å². The molecule has 4 nitrogen and oxygen atoms in total. The maximum Gasteiger partial charge on any atom is 0.257 e. The maximum atomic E-state index is 9.39. The summed E-state index contributed by atoms with van der Waals surface area (Å²) in [6.45, 7) is 2.29. The first-order valence-electron chi connectivity index (χ1n) is 1.94. The summed E-state index contributed by atoms with van der Waals surface area (Å²) in [6, 6.07) is 0. The van der Waals surface area contributed by atoms with Gasteiger partial charge in [-0.1, -0.05) is 0 Å². The summed E-state index contributed by atoms with van der Waals surface area (Å²) >= 11 is 0. The van der Waals surface area contributed by atoms with Crippen molar-refractivity contribution >= 4 is 5.96 Å². The van der Waals surface area contributed by atoms with Gasteiger partial charge in [0, 0.05) is 11.7 Å². The third-order valence-electron chi connectivity index (χ3n) is 0.414. The van der Waals surface area contributed by atoms with Crippen molar-refractivity contribution < 1.29 is 0 Å². The summed E-state index contributed by atoms with van der Waals surface area (Å²) in [6.07, 6.45) is 0. The lowest BCUT2D eigenvalue weighted by molar-refractivity contribution is 1.11. The maximum absolute atomic E-state index is 9.39. The fourth-order valence-electron chi connectivity index (χ4n) is 0.191. The van der Waals surface area contributed by atoms with Crippen molar-refractivity contribution in [1.29, 1.82) is 0 Å². The summed E-state index contributed by atoms with van der Waals surface area (Å²) in [7, 11) is 0. The lowest BCUT2D eigenvalue weighted by Gasteiger charge is -1.79. The van der Waals surface area contributed by atoms with E-state index >= 15 is 0 Å². The van der Waals surface area contributed by atoms with Crippen LogP contribution in [0.5, 0.6) is 0 Å². The minimum absolute atomic E-state index is 0.178. The Labute approximate surface area is 41.4 Å². The van der Waals surface area contributed by atoms with E-state index in [-0.39, 0.29) is 5.96 Å². The third-order valence-corrected chi connectivity index (χ3v) is 0.414. The van der Waals surface area contributed by atoms with Gasteiger partial charge in [-0.2, -0.15) is 0 Å². The number of guanidine groups is 1. The van der Waals surface area contributed by atoms with Gasteiger partial charge in [-0.15, -0.1) is 4.91 Å². The molecule has 0 spiro atoms. The number of aliphatic imine (C=N–C) groups is 1. The molecule has 0 aromatic carbocycles. The molecule has 2 N–H and O–H groups in total. The molecule has 0 bridgehead atoms. The van der Waals surface area contributed by atoms with Gasteiger partial charge >= 0.3 is 0 Å². The summed E-state index contributed by atoms with van der Waals surface area (Å²) in [5.41, 5.74) is 4.85. The molecule has 0 unspecified atom stereocenters. The van der Waals surface area contributed by atoms with Gasteiger partial charge < -0.3 is 5.73 Å². The number of nitrogens with two attached hydrogens (primary N) is 1. The van der Waals surface area contributed by atoms with E-state index in [1.54, 1.807) is 6.92 Å². The average Bonchev–Trinajstić information content (AvgIpc) is 1.68. The lowest BCUT2D eigenvalue weighted by Crippen LogP contribution is -2.06. The smallest absolute Gasteiger partial charge is 0.257 e. The van der Waals surface area contributed by atoms with Crippen LogP contribution < -0.4 is 5.73 Å². The highest BCUT2D eigenvalue weighted by atomic mass is 16.3. The molecule has 0 aliphatic carbocycles. The van der Waals surface area contributed by atoms with Crippen LogP contribution in [0.2, 0.25) is 0 Å². The van der Waals surface area contributed by atoms with Crippen LogP contribution in [0.15, 0.2) is 10.2 Å².